The Morgan fingerprint density at radius 1 is 1.32 bits per heavy atom. The maximum absolute atomic E-state index is 14.6. The molecule has 0 spiro atoms. The first-order valence-corrected chi connectivity index (χ1v) is 8.36. The Kier molecular flexibility index (Phi) is 5.55. The quantitative estimate of drug-likeness (QED) is 0.806. The predicted octanol–water partition coefficient (Wildman–Crippen LogP) is 3.31. The van der Waals surface area contributed by atoms with Crippen LogP contribution in [0, 0.1) is 12.7 Å². The molecule has 0 fully saturated rings. The number of benzene rings is 1. The lowest BCUT2D eigenvalue weighted by atomic mass is 10.1. The van der Waals surface area contributed by atoms with E-state index in [1.165, 1.54) is 6.92 Å². The van der Waals surface area contributed by atoms with E-state index in [-0.39, 0.29) is 24.1 Å². The van der Waals surface area contributed by atoms with Crippen LogP contribution >= 0.6 is 0 Å². The zero-order chi connectivity index (χ0) is 18.8. The third kappa shape index (κ3) is 4.21. The van der Waals surface area contributed by atoms with Gasteiger partial charge < -0.3 is 4.42 Å². The van der Waals surface area contributed by atoms with Crippen molar-refractivity contribution < 1.29 is 31.0 Å². The van der Waals surface area contributed by atoms with Gasteiger partial charge in [-0.3, -0.25) is 14.3 Å². The predicted molar refractivity (Wildman–Crippen MR) is 80.0 cm³/mol. The highest BCUT2D eigenvalue weighted by Gasteiger charge is 2.38. The molecule has 1 aromatic carbocycles. The molecular formula is C14H13F4N3O3S. The van der Waals surface area contributed by atoms with Gasteiger partial charge in [-0.25, -0.2) is 4.39 Å². The van der Waals surface area contributed by atoms with Gasteiger partial charge in [-0.15, -0.1) is 5.10 Å². The Hall–Kier alpha value is -2.30. The van der Waals surface area contributed by atoms with Gasteiger partial charge in [0.2, 0.25) is 5.89 Å². The number of nitrogens with one attached hydrogen (secondary N) is 1. The zero-order valence-electron chi connectivity index (χ0n) is 13.1. The first kappa shape index (κ1) is 19.0. The van der Waals surface area contributed by atoms with Crippen LogP contribution in [-0.2, 0) is 17.0 Å². The lowest BCUT2D eigenvalue weighted by Crippen LogP contribution is -2.19. The molecule has 0 radical (unpaired) electrons. The number of carbonyl (C=O) groups excluding carboxylic acids is 1. The summed E-state index contributed by atoms with van der Waals surface area (Å²) >= 11 is 0. The third-order valence-electron chi connectivity index (χ3n) is 3.01. The average molecular weight is 379 g/mol. The van der Waals surface area contributed by atoms with Gasteiger partial charge in [0.05, 0.1) is 26.8 Å². The van der Waals surface area contributed by atoms with Crippen molar-refractivity contribution in [2.75, 3.05) is 11.1 Å². The SMILES string of the molecule is CCC[S@@](=O)c1c(C(F)(F)F)ccc(C(=O)Nc2nnc(C)o2)c1F. The molecule has 1 atom stereocenters. The molecule has 25 heavy (non-hydrogen) atoms. The number of alkyl halides is 3. The number of aryl methyl sites for hydroxylation is 1. The molecule has 0 unspecified atom stereocenters. The van der Waals surface area contributed by atoms with Gasteiger partial charge in [-0.05, 0) is 18.6 Å². The Morgan fingerprint density at radius 3 is 2.52 bits per heavy atom. The molecule has 136 valence electrons. The van der Waals surface area contributed by atoms with Crippen molar-refractivity contribution >= 4 is 22.7 Å². The van der Waals surface area contributed by atoms with E-state index in [1.807, 2.05) is 0 Å². The summed E-state index contributed by atoms with van der Waals surface area (Å²) in [4.78, 5) is 11.0. The third-order valence-corrected chi connectivity index (χ3v) is 4.64. The van der Waals surface area contributed by atoms with E-state index in [9.17, 15) is 26.6 Å². The van der Waals surface area contributed by atoms with Crippen molar-refractivity contribution in [1.29, 1.82) is 0 Å². The standard InChI is InChI=1S/C14H13F4N3O3S/c1-3-6-25(23)11-9(14(16,17)18)5-4-8(10(11)15)12(22)19-13-21-20-7(2)24-13/h4-5H,3,6H2,1-2H3,(H,19,21,22)/t25-/m1/s1. The molecule has 2 rings (SSSR count). The van der Waals surface area contributed by atoms with Gasteiger partial charge in [-0.1, -0.05) is 12.0 Å². The second kappa shape index (κ2) is 7.30. The second-order valence-corrected chi connectivity index (χ2v) is 6.44. The van der Waals surface area contributed by atoms with Crippen LogP contribution in [-0.4, -0.2) is 26.1 Å². The summed E-state index contributed by atoms with van der Waals surface area (Å²) in [5.41, 5.74) is -2.08. The van der Waals surface area contributed by atoms with Crippen LogP contribution < -0.4 is 5.32 Å². The summed E-state index contributed by atoms with van der Waals surface area (Å²) in [6, 6.07) is 0.863. The Bertz CT molecular complexity index is 820. The molecule has 6 nitrogen and oxygen atoms in total. The van der Waals surface area contributed by atoms with Crippen molar-refractivity contribution in [3.8, 4) is 0 Å². The van der Waals surface area contributed by atoms with E-state index in [1.54, 1.807) is 6.92 Å². The van der Waals surface area contributed by atoms with Gasteiger partial charge in [0.15, 0.2) is 5.82 Å². The van der Waals surface area contributed by atoms with E-state index in [0.29, 0.717) is 12.1 Å². The van der Waals surface area contributed by atoms with Crippen LogP contribution in [0.2, 0.25) is 0 Å². The molecule has 1 N–H and O–H groups in total. The molecule has 0 aliphatic heterocycles. The van der Waals surface area contributed by atoms with E-state index >= 15 is 0 Å². The molecule has 1 aromatic heterocycles. The minimum atomic E-state index is -4.90. The second-order valence-electron chi connectivity index (χ2n) is 4.93. The average Bonchev–Trinajstić information content (AvgIpc) is 2.90. The molecule has 0 aliphatic carbocycles. The van der Waals surface area contributed by atoms with Crippen LogP contribution in [0.15, 0.2) is 21.4 Å². The fraction of sp³-hybridized carbons (Fsp3) is 0.357. The van der Waals surface area contributed by atoms with E-state index in [0.717, 1.165) is 0 Å². The zero-order valence-corrected chi connectivity index (χ0v) is 13.9. The normalized spacial score (nSPS) is 12.9. The Morgan fingerprint density at radius 2 is 2.00 bits per heavy atom. The number of hydrogen-bond donors (Lipinski definition) is 1. The Labute approximate surface area is 142 Å². The molecule has 11 heteroatoms. The molecule has 2 aromatic rings. The fourth-order valence-electron chi connectivity index (χ4n) is 1.98. The van der Waals surface area contributed by atoms with Gasteiger partial charge in [0.25, 0.3) is 5.91 Å². The highest BCUT2D eigenvalue weighted by molar-refractivity contribution is 7.85. The molecule has 0 aliphatic rings. The number of halogens is 4. The molecule has 0 bridgehead atoms. The van der Waals surface area contributed by atoms with Gasteiger partial charge in [0.1, 0.15) is 0 Å². The van der Waals surface area contributed by atoms with Crippen LogP contribution in [0.1, 0.15) is 35.2 Å². The first-order chi connectivity index (χ1) is 11.6. The first-order valence-electron chi connectivity index (χ1n) is 7.04. The molecular weight excluding hydrogens is 366 g/mol. The van der Waals surface area contributed by atoms with E-state index < -0.39 is 44.7 Å². The van der Waals surface area contributed by atoms with Crippen molar-refractivity contribution in [3.05, 3.63) is 35.0 Å². The number of nitrogens with zero attached hydrogens (tertiary/aromatic N) is 2. The lowest BCUT2D eigenvalue weighted by molar-refractivity contribution is -0.140. The smallest absolute Gasteiger partial charge is 0.408 e. The topological polar surface area (TPSA) is 85.1 Å². The number of anilines is 1. The number of carbonyl (C=O) groups is 1. The van der Waals surface area contributed by atoms with Crippen LogP contribution in [0.4, 0.5) is 23.6 Å². The lowest BCUT2D eigenvalue weighted by Gasteiger charge is -2.15. The minimum absolute atomic E-state index is 0.132. The van der Waals surface area contributed by atoms with Crippen molar-refractivity contribution in [2.24, 2.45) is 0 Å². The van der Waals surface area contributed by atoms with Crippen molar-refractivity contribution in [1.82, 2.24) is 10.2 Å². The molecule has 0 saturated heterocycles. The molecule has 1 amide bonds. The highest BCUT2D eigenvalue weighted by Crippen LogP contribution is 2.36. The summed E-state index contributed by atoms with van der Waals surface area (Å²) in [5.74, 6) is -2.62. The van der Waals surface area contributed by atoms with Gasteiger partial charge >= 0.3 is 12.2 Å². The molecule has 1 heterocycles. The monoisotopic (exact) mass is 379 g/mol. The summed E-state index contributed by atoms with van der Waals surface area (Å²) < 4.78 is 70.8. The van der Waals surface area contributed by atoms with Crippen LogP contribution in [0.5, 0.6) is 0 Å². The minimum Gasteiger partial charge on any atom is -0.408 e. The fourth-order valence-corrected chi connectivity index (χ4v) is 3.29. The van der Waals surface area contributed by atoms with Crippen LogP contribution in [0.25, 0.3) is 0 Å². The summed E-state index contributed by atoms with van der Waals surface area (Å²) in [6.07, 6.45) is -4.63. The van der Waals surface area contributed by atoms with Crippen molar-refractivity contribution in [3.63, 3.8) is 0 Å². The van der Waals surface area contributed by atoms with Gasteiger partial charge in [0, 0.05) is 12.7 Å². The maximum atomic E-state index is 14.6. The summed E-state index contributed by atoms with van der Waals surface area (Å²) in [5, 5.41) is 9.00. The molecule has 0 saturated carbocycles. The summed E-state index contributed by atoms with van der Waals surface area (Å²) in [7, 11) is -2.25. The summed E-state index contributed by atoms with van der Waals surface area (Å²) in [6.45, 7) is 3.05. The van der Waals surface area contributed by atoms with E-state index in [4.69, 9.17) is 4.42 Å². The number of hydrogen-bond acceptors (Lipinski definition) is 5. The largest absolute Gasteiger partial charge is 0.417 e. The Balaban J connectivity index is 2.47. The van der Waals surface area contributed by atoms with Crippen molar-refractivity contribution in [2.45, 2.75) is 31.3 Å². The highest BCUT2D eigenvalue weighted by atomic mass is 32.2. The maximum Gasteiger partial charge on any atom is 0.417 e. The number of aromatic nitrogens is 2. The number of amides is 1. The van der Waals surface area contributed by atoms with E-state index in [2.05, 4.69) is 15.5 Å². The van der Waals surface area contributed by atoms with Crippen LogP contribution in [0.3, 0.4) is 0 Å². The van der Waals surface area contributed by atoms with Gasteiger partial charge in [-0.2, -0.15) is 13.2 Å². The number of rotatable bonds is 5.